The minimum atomic E-state index is 0.0550. The van der Waals surface area contributed by atoms with Crippen LogP contribution >= 0.6 is 0 Å². The zero-order valence-corrected chi connectivity index (χ0v) is 10.3. The molecule has 1 saturated heterocycles. The summed E-state index contributed by atoms with van der Waals surface area (Å²) in [5, 5.41) is 0. The third-order valence-electron chi connectivity index (χ3n) is 2.89. The van der Waals surface area contributed by atoms with E-state index >= 15 is 0 Å². The van der Waals surface area contributed by atoms with Gasteiger partial charge in [-0.25, -0.2) is 4.98 Å². The molecule has 1 aromatic rings. The fourth-order valence-electron chi connectivity index (χ4n) is 1.86. The number of unbranched alkanes of at least 4 members (excludes halogenated alkanes) is 1. The summed E-state index contributed by atoms with van der Waals surface area (Å²) in [6, 6.07) is 0. The van der Waals surface area contributed by atoms with Crippen LogP contribution < -0.4 is 0 Å². The molecule has 17 heavy (non-hydrogen) atoms. The number of aryl methyl sites for hydroxylation is 1. The van der Waals surface area contributed by atoms with Gasteiger partial charge in [-0.2, -0.15) is 0 Å². The highest BCUT2D eigenvalue weighted by Crippen LogP contribution is 2.06. The Labute approximate surface area is 101 Å². The Bertz CT molecular complexity index is 376. The van der Waals surface area contributed by atoms with Gasteiger partial charge in [0, 0.05) is 19.3 Å². The molecule has 0 N–H and O–H groups in total. The second-order valence-corrected chi connectivity index (χ2v) is 4.32. The van der Waals surface area contributed by atoms with E-state index in [2.05, 4.69) is 16.5 Å². The number of aromatic nitrogens is 2. The molecule has 0 unspecified atom stereocenters. The van der Waals surface area contributed by atoms with Gasteiger partial charge in [0.1, 0.15) is 6.61 Å². The van der Waals surface area contributed by atoms with Crippen molar-refractivity contribution in [1.82, 2.24) is 14.5 Å². The largest absolute Gasteiger partial charge is 0.370 e. The normalized spacial score (nSPS) is 16.5. The van der Waals surface area contributed by atoms with Crippen molar-refractivity contribution in [3.8, 4) is 0 Å². The van der Waals surface area contributed by atoms with Crippen LogP contribution in [0.4, 0.5) is 0 Å². The number of carbonyl (C=O) groups excluding carboxylic acids is 1. The summed E-state index contributed by atoms with van der Waals surface area (Å²) in [6.45, 7) is 5.27. The van der Waals surface area contributed by atoms with Gasteiger partial charge < -0.3 is 14.2 Å². The monoisotopic (exact) mass is 237 g/mol. The number of amides is 1. The number of imidazole rings is 1. The first-order valence-corrected chi connectivity index (χ1v) is 6.15. The molecule has 1 aliphatic rings. The highest BCUT2D eigenvalue weighted by molar-refractivity contribution is 5.77. The highest BCUT2D eigenvalue weighted by Gasteiger charge is 2.19. The predicted octanol–water partition coefficient (Wildman–Crippen LogP) is 1.04. The van der Waals surface area contributed by atoms with Crippen LogP contribution in [0.5, 0.6) is 0 Å². The minimum absolute atomic E-state index is 0.0550. The lowest BCUT2D eigenvalue weighted by atomic mass is 10.3. The van der Waals surface area contributed by atoms with Crippen molar-refractivity contribution in [2.45, 2.75) is 32.9 Å². The lowest BCUT2D eigenvalue weighted by Gasteiger charge is -2.25. The zero-order valence-electron chi connectivity index (χ0n) is 10.3. The summed E-state index contributed by atoms with van der Waals surface area (Å²) in [5.41, 5.74) is 0.955. The van der Waals surface area contributed by atoms with Crippen molar-refractivity contribution in [3.63, 3.8) is 0 Å². The molecule has 94 valence electrons. The van der Waals surface area contributed by atoms with E-state index in [9.17, 15) is 4.79 Å². The van der Waals surface area contributed by atoms with Crippen LogP contribution in [0, 0.1) is 0 Å². The molecule has 0 bridgehead atoms. The molecule has 0 radical (unpaired) electrons. The summed E-state index contributed by atoms with van der Waals surface area (Å²) in [5.74, 6) is 0.0550. The number of hydrogen-bond donors (Lipinski definition) is 0. The summed E-state index contributed by atoms with van der Waals surface area (Å²) in [7, 11) is 0. The lowest BCUT2D eigenvalue weighted by Crippen LogP contribution is -2.41. The van der Waals surface area contributed by atoms with Crippen LogP contribution in [-0.2, 0) is 22.6 Å². The van der Waals surface area contributed by atoms with E-state index in [1.54, 1.807) is 4.90 Å². The average Bonchev–Trinajstić information content (AvgIpc) is 2.77. The summed E-state index contributed by atoms with van der Waals surface area (Å²) in [4.78, 5) is 17.7. The Morgan fingerprint density at radius 1 is 1.53 bits per heavy atom. The van der Waals surface area contributed by atoms with Gasteiger partial charge in [0.05, 0.1) is 25.2 Å². The lowest BCUT2D eigenvalue weighted by molar-refractivity contribution is -0.143. The Morgan fingerprint density at radius 2 is 2.41 bits per heavy atom. The Balaban J connectivity index is 1.89. The fourth-order valence-corrected chi connectivity index (χ4v) is 1.86. The van der Waals surface area contributed by atoms with Crippen molar-refractivity contribution in [2.24, 2.45) is 0 Å². The first kappa shape index (κ1) is 12.1. The van der Waals surface area contributed by atoms with E-state index in [0.29, 0.717) is 19.7 Å². The third-order valence-corrected chi connectivity index (χ3v) is 2.89. The van der Waals surface area contributed by atoms with Gasteiger partial charge in [-0.3, -0.25) is 4.79 Å². The van der Waals surface area contributed by atoms with E-state index in [4.69, 9.17) is 4.74 Å². The van der Waals surface area contributed by atoms with E-state index in [1.807, 2.05) is 12.5 Å². The molecule has 1 aliphatic heterocycles. The SMILES string of the molecule is CCCCn1cnc(CN2CCOCC2=O)c1. The van der Waals surface area contributed by atoms with Gasteiger partial charge in [-0.15, -0.1) is 0 Å². The van der Waals surface area contributed by atoms with Gasteiger partial charge in [0.2, 0.25) is 5.91 Å². The van der Waals surface area contributed by atoms with E-state index in [-0.39, 0.29) is 12.5 Å². The smallest absolute Gasteiger partial charge is 0.249 e. The number of morpholine rings is 1. The van der Waals surface area contributed by atoms with Gasteiger partial charge in [0.25, 0.3) is 0 Å². The van der Waals surface area contributed by atoms with Crippen molar-refractivity contribution in [1.29, 1.82) is 0 Å². The predicted molar refractivity (Wildman–Crippen MR) is 63.4 cm³/mol. The zero-order chi connectivity index (χ0) is 12.1. The average molecular weight is 237 g/mol. The Hall–Kier alpha value is -1.36. The summed E-state index contributed by atoms with van der Waals surface area (Å²) >= 11 is 0. The maximum Gasteiger partial charge on any atom is 0.249 e. The topological polar surface area (TPSA) is 47.4 Å². The molecule has 0 saturated carbocycles. The molecular weight excluding hydrogens is 218 g/mol. The number of ether oxygens (including phenoxy) is 1. The highest BCUT2D eigenvalue weighted by atomic mass is 16.5. The minimum Gasteiger partial charge on any atom is -0.370 e. The van der Waals surface area contributed by atoms with Gasteiger partial charge in [0.15, 0.2) is 0 Å². The number of rotatable bonds is 5. The standard InChI is InChI=1S/C12H19N3O2/c1-2-3-4-14-7-11(13-10-14)8-15-5-6-17-9-12(15)16/h7,10H,2-6,8-9H2,1H3. The van der Waals surface area contributed by atoms with Crippen LogP contribution in [0.3, 0.4) is 0 Å². The molecule has 0 aliphatic carbocycles. The summed E-state index contributed by atoms with van der Waals surface area (Å²) in [6.07, 6.45) is 6.20. The number of nitrogens with zero attached hydrogens (tertiary/aromatic N) is 3. The molecule has 0 atom stereocenters. The van der Waals surface area contributed by atoms with E-state index < -0.39 is 0 Å². The molecule has 5 nitrogen and oxygen atoms in total. The number of carbonyl (C=O) groups is 1. The van der Waals surface area contributed by atoms with Gasteiger partial charge in [-0.05, 0) is 6.42 Å². The summed E-state index contributed by atoms with van der Waals surface area (Å²) < 4.78 is 7.18. The van der Waals surface area contributed by atoms with Crippen molar-refractivity contribution >= 4 is 5.91 Å². The molecule has 5 heteroatoms. The molecule has 2 heterocycles. The molecule has 1 aromatic heterocycles. The van der Waals surface area contributed by atoms with Crippen LogP contribution in [-0.4, -0.2) is 40.1 Å². The van der Waals surface area contributed by atoms with Gasteiger partial charge in [-0.1, -0.05) is 13.3 Å². The quantitative estimate of drug-likeness (QED) is 0.769. The third kappa shape index (κ3) is 3.30. The molecular formula is C12H19N3O2. The second kappa shape index (κ2) is 5.82. The maximum absolute atomic E-state index is 11.5. The maximum atomic E-state index is 11.5. The van der Waals surface area contributed by atoms with E-state index in [0.717, 1.165) is 18.7 Å². The van der Waals surface area contributed by atoms with Crippen LogP contribution in [0.1, 0.15) is 25.5 Å². The molecule has 1 fully saturated rings. The fraction of sp³-hybridized carbons (Fsp3) is 0.667. The first-order chi connectivity index (χ1) is 8.29. The Kier molecular flexibility index (Phi) is 4.14. The Morgan fingerprint density at radius 3 is 3.18 bits per heavy atom. The first-order valence-electron chi connectivity index (χ1n) is 6.15. The molecule has 0 aromatic carbocycles. The second-order valence-electron chi connectivity index (χ2n) is 4.32. The van der Waals surface area contributed by atoms with Crippen LogP contribution in [0.15, 0.2) is 12.5 Å². The van der Waals surface area contributed by atoms with E-state index in [1.165, 1.54) is 6.42 Å². The van der Waals surface area contributed by atoms with Crippen LogP contribution in [0.2, 0.25) is 0 Å². The number of hydrogen-bond acceptors (Lipinski definition) is 3. The molecule has 0 spiro atoms. The molecule has 1 amide bonds. The molecule has 2 rings (SSSR count). The van der Waals surface area contributed by atoms with Gasteiger partial charge >= 0.3 is 0 Å². The van der Waals surface area contributed by atoms with Crippen molar-refractivity contribution in [3.05, 3.63) is 18.2 Å². The van der Waals surface area contributed by atoms with Crippen LogP contribution in [0.25, 0.3) is 0 Å². The van der Waals surface area contributed by atoms with Crippen molar-refractivity contribution < 1.29 is 9.53 Å². The van der Waals surface area contributed by atoms with Crippen molar-refractivity contribution in [2.75, 3.05) is 19.8 Å².